The maximum absolute atomic E-state index is 4.31. The van der Waals surface area contributed by atoms with Crippen molar-refractivity contribution in [2.24, 2.45) is 7.05 Å². The van der Waals surface area contributed by atoms with Crippen LogP contribution in [0.3, 0.4) is 0 Å². The first kappa shape index (κ1) is 13.2. The second kappa shape index (κ2) is 8.34. The van der Waals surface area contributed by atoms with Crippen LogP contribution in [0.1, 0.15) is 44.9 Å². The average molecular weight is 223 g/mol. The fourth-order valence-electron chi connectivity index (χ4n) is 1.81. The third kappa shape index (κ3) is 5.31. The zero-order valence-corrected chi connectivity index (χ0v) is 10.7. The van der Waals surface area contributed by atoms with Gasteiger partial charge in [0.05, 0.1) is 0 Å². The van der Waals surface area contributed by atoms with Gasteiger partial charge in [0, 0.05) is 25.9 Å². The Balaban J connectivity index is 1.91. The number of hydrogen-bond acceptors (Lipinski definition) is 2. The quantitative estimate of drug-likeness (QED) is 0.652. The summed E-state index contributed by atoms with van der Waals surface area (Å²) in [7, 11) is 2.06. The van der Waals surface area contributed by atoms with Gasteiger partial charge in [-0.25, -0.2) is 4.98 Å². The van der Waals surface area contributed by atoms with Crippen molar-refractivity contribution in [2.75, 3.05) is 13.1 Å². The number of aromatic nitrogens is 2. The molecular weight excluding hydrogens is 198 g/mol. The standard InChI is InChI=1S/C13H25N3/c1-3-4-5-6-9-14-10-7-8-13-15-11-12-16(13)2/h11-12,14H,3-10H2,1-2H3. The van der Waals surface area contributed by atoms with Crippen molar-refractivity contribution < 1.29 is 0 Å². The van der Waals surface area contributed by atoms with Gasteiger partial charge in [-0.2, -0.15) is 0 Å². The first-order chi connectivity index (χ1) is 7.84. The van der Waals surface area contributed by atoms with Gasteiger partial charge in [-0.1, -0.05) is 26.2 Å². The van der Waals surface area contributed by atoms with E-state index in [0.29, 0.717) is 0 Å². The lowest BCUT2D eigenvalue weighted by molar-refractivity contribution is 0.579. The van der Waals surface area contributed by atoms with Gasteiger partial charge in [-0.05, 0) is 25.9 Å². The fraction of sp³-hybridized carbons (Fsp3) is 0.769. The molecule has 0 radical (unpaired) electrons. The van der Waals surface area contributed by atoms with Crippen molar-refractivity contribution >= 4 is 0 Å². The van der Waals surface area contributed by atoms with Crippen molar-refractivity contribution in [1.82, 2.24) is 14.9 Å². The van der Waals surface area contributed by atoms with Gasteiger partial charge >= 0.3 is 0 Å². The molecular formula is C13H25N3. The molecule has 0 amide bonds. The van der Waals surface area contributed by atoms with Crippen LogP contribution in [0, 0.1) is 0 Å². The van der Waals surface area contributed by atoms with Gasteiger partial charge in [-0.3, -0.25) is 0 Å². The van der Waals surface area contributed by atoms with E-state index < -0.39 is 0 Å². The summed E-state index contributed by atoms with van der Waals surface area (Å²) < 4.78 is 2.10. The van der Waals surface area contributed by atoms with Crippen LogP contribution in [0.25, 0.3) is 0 Å². The third-order valence-corrected chi connectivity index (χ3v) is 2.88. The summed E-state index contributed by atoms with van der Waals surface area (Å²) in [6.07, 6.45) is 11.5. The molecule has 1 aromatic rings. The van der Waals surface area contributed by atoms with Crippen LogP contribution < -0.4 is 5.32 Å². The highest BCUT2D eigenvalue weighted by Crippen LogP contribution is 1.99. The fourth-order valence-corrected chi connectivity index (χ4v) is 1.81. The van der Waals surface area contributed by atoms with E-state index >= 15 is 0 Å². The Labute approximate surface area is 99.3 Å². The molecule has 92 valence electrons. The highest BCUT2D eigenvalue weighted by Gasteiger charge is 1.97. The lowest BCUT2D eigenvalue weighted by Gasteiger charge is -2.04. The highest BCUT2D eigenvalue weighted by molar-refractivity contribution is 4.90. The van der Waals surface area contributed by atoms with Crippen LogP contribution >= 0.6 is 0 Å². The summed E-state index contributed by atoms with van der Waals surface area (Å²) in [5.74, 6) is 1.19. The van der Waals surface area contributed by atoms with Crippen LogP contribution in [0.4, 0.5) is 0 Å². The smallest absolute Gasteiger partial charge is 0.108 e. The number of aryl methyl sites for hydroxylation is 2. The normalized spacial score (nSPS) is 10.9. The topological polar surface area (TPSA) is 29.9 Å². The minimum atomic E-state index is 1.07. The van der Waals surface area contributed by atoms with Gasteiger partial charge in [0.25, 0.3) is 0 Å². The largest absolute Gasteiger partial charge is 0.338 e. The van der Waals surface area contributed by atoms with E-state index in [9.17, 15) is 0 Å². The van der Waals surface area contributed by atoms with E-state index in [-0.39, 0.29) is 0 Å². The molecule has 1 heterocycles. The molecule has 0 aliphatic rings. The van der Waals surface area contributed by atoms with Crippen LogP contribution in [0.2, 0.25) is 0 Å². The predicted molar refractivity (Wildman–Crippen MR) is 68.5 cm³/mol. The van der Waals surface area contributed by atoms with Crippen molar-refractivity contribution in [1.29, 1.82) is 0 Å². The molecule has 0 atom stereocenters. The molecule has 0 spiro atoms. The van der Waals surface area contributed by atoms with Crippen molar-refractivity contribution in [3.8, 4) is 0 Å². The molecule has 3 heteroatoms. The van der Waals surface area contributed by atoms with Crippen LogP contribution in [-0.2, 0) is 13.5 Å². The van der Waals surface area contributed by atoms with Crippen LogP contribution in [-0.4, -0.2) is 22.6 Å². The van der Waals surface area contributed by atoms with E-state index in [0.717, 1.165) is 13.0 Å². The van der Waals surface area contributed by atoms with E-state index in [1.807, 2.05) is 12.4 Å². The Hall–Kier alpha value is -0.830. The average Bonchev–Trinajstić information content (AvgIpc) is 2.68. The number of rotatable bonds is 9. The summed E-state index contributed by atoms with van der Waals surface area (Å²) in [6, 6.07) is 0. The Morgan fingerprint density at radius 1 is 1.19 bits per heavy atom. The summed E-state index contributed by atoms with van der Waals surface area (Å²) in [4.78, 5) is 4.31. The third-order valence-electron chi connectivity index (χ3n) is 2.88. The number of hydrogen-bond donors (Lipinski definition) is 1. The molecule has 0 saturated carbocycles. The molecule has 16 heavy (non-hydrogen) atoms. The first-order valence-corrected chi connectivity index (χ1v) is 6.51. The first-order valence-electron chi connectivity index (χ1n) is 6.51. The van der Waals surface area contributed by atoms with Crippen LogP contribution in [0.5, 0.6) is 0 Å². The Morgan fingerprint density at radius 2 is 2.00 bits per heavy atom. The van der Waals surface area contributed by atoms with E-state index in [1.54, 1.807) is 0 Å². The molecule has 3 nitrogen and oxygen atoms in total. The van der Waals surface area contributed by atoms with Crippen LogP contribution in [0.15, 0.2) is 12.4 Å². The van der Waals surface area contributed by atoms with E-state index in [4.69, 9.17) is 0 Å². The molecule has 0 saturated heterocycles. The zero-order valence-electron chi connectivity index (χ0n) is 10.7. The van der Waals surface area contributed by atoms with Crippen molar-refractivity contribution in [3.05, 3.63) is 18.2 Å². The molecule has 0 unspecified atom stereocenters. The summed E-state index contributed by atoms with van der Waals surface area (Å²) >= 11 is 0. The Morgan fingerprint density at radius 3 is 2.69 bits per heavy atom. The zero-order chi connectivity index (χ0) is 11.6. The second-order valence-electron chi connectivity index (χ2n) is 4.37. The molecule has 1 N–H and O–H groups in total. The number of nitrogens with one attached hydrogen (secondary N) is 1. The monoisotopic (exact) mass is 223 g/mol. The lowest BCUT2D eigenvalue weighted by atomic mass is 10.2. The Bertz CT molecular complexity index is 268. The molecule has 1 rings (SSSR count). The second-order valence-corrected chi connectivity index (χ2v) is 4.37. The minimum absolute atomic E-state index is 1.07. The van der Waals surface area contributed by atoms with Crippen molar-refractivity contribution in [2.45, 2.75) is 45.4 Å². The molecule has 1 aromatic heterocycles. The molecule has 0 aromatic carbocycles. The SMILES string of the molecule is CCCCCCNCCCc1nccn1C. The summed E-state index contributed by atoms with van der Waals surface area (Å²) in [6.45, 7) is 4.53. The summed E-state index contributed by atoms with van der Waals surface area (Å²) in [5.41, 5.74) is 0. The molecule has 0 bridgehead atoms. The van der Waals surface area contributed by atoms with Crippen molar-refractivity contribution in [3.63, 3.8) is 0 Å². The lowest BCUT2D eigenvalue weighted by Crippen LogP contribution is -2.17. The van der Waals surface area contributed by atoms with E-state index in [2.05, 4.69) is 28.8 Å². The number of nitrogens with zero attached hydrogens (tertiary/aromatic N) is 2. The predicted octanol–water partition coefficient (Wildman–Crippen LogP) is 2.52. The Kier molecular flexibility index (Phi) is 6.90. The maximum atomic E-state index is 4.31. The summed E-state index contributed by atoms with van der Waals surface area (Å²) in [5, 5.41) is 3.49. The van der Waals surface area contributed by atoms with Gasteiger partial charge in [0.2, 0.25) is 0 Å². The van der Waals surface area contributed by atoms with E-state index in [1.165, 1.54) is 44.5 Å². The minimum Gasteiger partial charge on any atom is -0.338 e. The molecule has 0 aliphatic heterocycles. The number of imidazole rings is 1. The van der Waals surface area contributed by atoms with Gasteiger partial charge < -0.3 is 9.88 Å². The van der Waals surface area contributed by atoms with Gasteiger partial charge in [0.15, 0.2) is 0 Å². The maximum Gasteiger partial charge on any atom is 0.108 e. The number of unbranched alkanes of at least 4 members (excludes halogenated alkanes) is 3. The highest BCUT2D eigenvalue weighted by atomic mass is 15.0. The molecule has 0 aliphatic carbocycles. The van der Waals surface area contributed by atoms with Gasteiger partial charge in [0.1, 0.15) is 5.82 Å². The molecule has 0 fully saturated rings. The van der Waals surface area contributed by atoms with Gasteiger partial charge in [-0.15, -0.1) is 0 Å².